The Morgan fingerprint density at radius 3 is 2.45 bits per heavy atom. The summed E-state index contributed by atoms with van der Waals surface area (Å²) in [7, 11) is 1.66. The quantitative estimate of drug-likeness (QED) is 0.472. The van der Waals surface area contributed by atoms with E-state index in [4.69, 9.17) is 9.73 Å². The van der Waals surface area contributed by atoms with Crippen LogP contribution in [-0.4, -0.2) is 35.2 Å². The number of amidine groups is 1. The van der Waals surface area contributed by atoms with E-state index in [0.29, 0.717) is 12.1 Å². The van der Waals surface area contributed by atoms with E-state index in [9.17, 15) is 4.79 Å². The molecular weight excluding hydrogens is 448 g/mol. The molecule has 0 aromatic heterocycles. The highest BCUT2D eigenvalue weighted by atomic mass is 79.9. The molecule has 1 heterocycles. The molecule has 0 atom stereocenters. The minimum Gasteiger partial charge on any atom is -0.496 e. The second-order valence-electron chi connectivity index (χ2n) is 8.18. The van der Waals surface area contributed by atoms with Crippen LogP contribution in [0, 0.1) is 0 Å². The van der Waals surface area contributed by atoms with E-state index < -0.39 is 0 Å². The summed E-state index contributed by atoms with van der Waals surface area (Å²) in [5.74, 6) is 0.921. The maximum atomic E-state index is 13.4. The van der Waals surface area contributed by atoms with Crippen LogP contribution in [0.4, 0.5) is 0 Å². The van der Waals surface area contributed by atoms with E-state index in [0.717, 1.165) is 51.5 Å². The standard InChI is InChI=1S/C23H29BrN2O2S/c1-28-20-13-12-16(14-19(20)24)15-21-22(27)26(18-10-6-3-7-11-18)23(29-21)25-17-8-4-2-5-9-17/h12-15,17-18H,2-11H2,1H3. The minimum atomic E-state index is 0.128. The number of hydrogen-bond donors (Lipinski definition) is 0. The van der Waals surface area contributed by atoms with E-state index >= 15 is 0 Å². The minimum absolute atomic E-state index is 0.128. The Morgan fingerprint density at radius 2 is 1.79 bits per heavy atom. The molecular formula is C23H29BrN2O2S. The highest BCUT2D eigenvalue weighted by Gasteiger charge is 2.39. The molecule has 1 aromatic rings. The van der Waals surface area contributed by atoms with Crippen molar-refractivity contribution in [3.63, 3.8) is 0 Å². The average Bonchev–Trinajstić information content (AvgIpc) is 3.04. The van der Waals surface area contributed by atoms with Crippen LogP contribution < -0.4 is 4.74 Å². The SMILES string of the molecule is COc1ccc(C=C2SC(=NC3CCCCC3)N(C3CCCCC3)C2=O)cc1Br. The number of benzene rings is 1. The first-order valence-corrected chi connectivity index (χ1v) is 12.4. The van der Waals surface area contributed by atoms with Crippen molar-refractivity contribution in [1.82, 2.24) is 4.90 Å². The Hall–Kier alpha value is -1.27. The number of methoxy groups -OCH3 is 1. The zero-order valence-corrected chi connectivity index (χ0v) is 19.4. The largest absolute Gasteiger partial charge is 0.496 e. The van der Waals surface area contributed by atoms with Gasteiger partial charge in [-0.15, -0.1) is 0 Å². The van der Waals surface area contributed by atoms with Gasteiger partial charge in [-0.1, -0.05) is 44.6 Å². The van der Waals surface area contributed by atoms with Gasteiger partial charge in [0.2, 0.25) is 0 Å². The van der Waals surface area contributed by atoms with Crippen LogP contribution >= 0.6 is 27.7 Å². The Kier molecular flexibility index (Phi) is 7.01. The first-order valence-electron chi connectivity index (χ1n) is 10.8. The van der Waals surface area contributed by atoms with Crippen molar-refractivity contribution >= 4 is 44.8 Å². The Labute approximate surface area is 186 Å². The maximum Gasteiger partial charge on any atom is 0.266 e. The molecule has 1 saturated heterocycles. The van der Waals surface area contributed by atoms with E-state index in [1.807, 2.05) is 29.2 Å². The van der Waals surface area contributed by atoms with E-state index in [2.05, 4.69) is 15.9 Å². The van der Waals surface area contributed by atoms with Crippen LogP contribution in [0.25, 0.3) is 6.08 Å². The average molecular weight is 477 g/mol. The van der Waals surface area contributed by atoms with Crippen LogP contribution in [0.2, 0.25) is 0 Å². The molecule has 2 saturated carbocycles. The van der Waals surface area contributed by atoms with E-state index in [1.165, 1.54) is 38.5 Å². The second-order valence-corrected chi connectivity index (χ2v) is 10.0. The summed E-state index contributed by atoms with van der Waals surface area (Å²) in [4.78, 5) is 21.3. The number of rotatable bonds is 4. The Bertz CT molecular complexity index is 811. The third kappa shape index (κ3) is 4.91. The molecule has 1 amide bonds. The smallest absolute Gasteiger partial charge is 0.266 e. The molecule has 0 N–H and O–H groups in total. The number of ether oxygens (including phenoxy) is 1. The van der Waals surface area contributed by atoms with Gasteiger partial charge in [-0.2, -0.15) is 0 Å². The fourth-order valence-electron chi connectivity index (χ4n) is 4.53. The van der Waals surface area contributed by atoms with Crippen molar-refractivity contribution in [2.45, 2.75) is 76.3 Å². The van der Waals surface area contributed by atoms with Gasteiger partial charge in [-0.25, -0.2) is 0 Å². The second kappa shape index (κ2) is 9.69. The molecule has 1 aromatic carbocycles. The van der Waals surface area contributed by atoms with E-state index in [-0.39, 0.29) is 5.91 Å². The van der Waals surface area contributed by atoms with Gasteiger partial charge in [-0.3, -0.25) is 14.7 Å². The molecule has 3 fully saturated rings. The van der Waals surface area contributed by atoms with Crippen molar-refractivity contribution < 1.29 is 9.53 Å². The van der Waals surface area contributed by atoms with Gasteiger partial charge in [0.05, 0.1) is 22.5 Å². The first-order chi connectivity index (χ1) is 14.2. The normalized spacial score (nSPS) is 24.6. The molecule has 4 nitrogen and oxygen atoms in total. The highest BCUT2D eigenvalue weighted by molar-refractivity contribution is 9.10. The molecule has 3 aliphatic rings. The van der Waals surface area contributed by atoms with Crippen molar-refractivity contribution in [2.24, 2.45) is 4.99 Å². The van der Waals surface area contributed by atoms with E-state index in [1.54, 1.807) is 18.9 Å². The molecule has 29 heavy (non-hydrogen) atoms. The van der Waals surface area contributed by atoms with Crippen LogP contribution in [0.1, 0.15) is 69.8 Å². The molecule has 0 unspecified atom stereocenters. The van der Waals surface area contributed by atoms with Crippen LogP contribution in [-0.2, 0) is 4.79 Å². The number of amides is 1. The summed E-state index contributed by atoms with van der Waals surface area (Å²) in [5.41, 5.74) is 0.996. The molecule has 156 valence electrons. The van der Waals surface area contributed by atoms with Crippen molar-refractivity contribution in [3.05, 3.63) is 33.1 Å². The lowest BCUT2D eigenvalue weighted by Gasteiger charge is -2.31. The summed E-state index contributed by atoms with van der Waals surface area (Å²) in [6.07, 6.45) is 14.0. The summed E-state index contributed by atoms with van der Waals surface area (Å²) < 4.78 is 6.22. The van der Waals surface area contributed by atoms with Gasteiger partial charge in [0.25, 0.3) is 5.91 Å². The number of hydrogen-bond acceptors (Lipinski definition) is 4. The molecule has 0 bridgehead atoms. The van der Waals surface area contributed by atoms with Crippen LogP contribution in [0.5, 0.6) is 5.75 Å². The summed E-state index contributed by atoms with van der Waals surface area (Å²) in [6.45, 7) is 0. The van der Waals surface area contributed by atoms with Crippen molar-refractivity contribution in [2.75, 3.05) is 7.11 Å². The summed E-state index contributed by atoms with van der Waals surface area (Å²) >= 11 is 5.11. The van der Waals surface area contributed by atoms with Crippen LogP contribution in [0.15, 0.2) is 32.6 Å². The monoisotopic (exact) mass is 476 g/mol. The molecule has 0 spiro atoms. The molecule has 0 radical (unpaired) electrons. The summed E-state index contributed by atoms with van der Waals surface area (Å²) in [6, 6.07) is 6.60. The highest BCUT2D eigenvalue weighted by Crippen LogP contribution is 2.39. The Morgan fingerprint density at radius 1 is 1.10 bits per heavy atom. The third-order valence-electron chi connectivity index (χ3n) is 6.12. The van der Waals surface area contributed by atoms with Gasteiger partial charge < -0.3 is 4.74 Å². The molecule has 2 aliphatic carbocycles. The van der Waals surface area contributed by atoms with Gasteiger partial charge in [0, 0.05) is 6.04 Å². The van der Waals surface area contributed by atoms with Crippen molar-refractivity contribution in [1.29, 1.82) is 0 Å². The fourth-order valence-corrected chi connectivity index (χ4v) is 6.20. The predicted molar refractivity (Wildman–Crippen MR) is 124 cm³/mol. The van der Waals surface area contributed by atoms with Gasteiger partial charge in [0.15, 0.2) is 5.17 Å². The number of halogens is 1. The van der Waals surface area contributed by atoms with Gasteiger partial charge in [0.1, 0.15) is 5.75 Å². The number of carbonyl (C=O) groups is 1. The number of aliphatic imine (C=N–C) groups is 1. The molecule has 6 heteroatoms. The maximum absolute atomic E-state index is 13.4. The molecule has 1 aliphatic heterocycles. The summed E-state index contributed by atoms with van der Waals surface area (Å²) in [5, 5.41) is 0.938. The molecule has 4 rings (SSSR count). The number of carbonyl (C=O) groups excluding carboxylic acids is 1. The lowest BCUT2D eigenvalue weighted by atomic mass is 9.94. The number of thioether (sulfide) groups is 1. The van der Waals surface area contributed by atoms with Crippen molar-refractivity contribution in [3.8, 4) is 5.75 Å². The third-order valence-corrected chi connectivity index (χ3v) is 7.73. The zero-order chi connectivity index (χ0) is 20.2. The first kappa shape index (κ1) is 21.0. The fraction of sp³-hybridized carbons (Fsp3) is 0.565. The lowest BCUT2D eigenvalue weighted by Crippen LogP contribution is -2.41. The predicted octanol–water partition coefficient (Wildman–Crippen LogP) is 6.40. The topological polar surface area (TPSA) is 41.9 Å². The zero-order valence-electron chi connectivity index (χ0n) is 17.0. The van der Waals surface area contributed by atoms with Gasteiger partial charge in [-0.05, 0) is 77.1 Å². The lowest BCUT2D eigenvalue weighted by molar-refractivity contribution is -0.124. The number of nitrogens with zero attached hydrogens (tertiary/aromatic N) is 2. The van der Waals surface area contributed by atoms with Gasteiger partial charge >= 0.3 is 0 Å². The van der Waals surface area contributed by atoms with Crippen LogP contribution in [0.3, 0.4) is 0 Å². The Balaban J connectivity index is 1.62.